The van der Waals surface area contributed by atoms with Crippen LogP contribution < -0.4 is 0 Å². The van der Waals surface area contributed by atoms with Gasteiger partial charge < -0.3 is 9.84 Å². The van der Waals surface area contributed by atoms with Crippen LogP contribution >= 0.6 is 0 Å². The van der Waals surface area contributed by atoms with Gasteiger partial charge in [0, 0.05) is 19.6 Å². The van der Waals surface area contributed by atoms with Gasteiger partial charge in [0.25, 0.3) is 0 Å². The van der Waals surface area contributed by atoms with Gasteiger partial charge in [0.15, 0.2) is 0 Å². The van der Waals surface area contributed by atoms with Gasteiger partial charge in [0.05, 0.1) is 5.41 Å². The number of carbonyl (C=O) groups is 1. The molecule has 0 aromatic heterocycles. The zero-order valence-corrected chi connectivity index (χ0v) is 14.1. The highest BCUT2D eigenvalue weighted by Crippen LogP contribution is 2.52. The third kappa shape index (κ3) is 3.57. The topological polar surface area (TPSA) is 46.5 Å². The quantitative estimate of drug-likeness (QED) is 0.755. The summed E-state index contributed by atoms with van der Waals surface area (Å²) in [5.74, 6) is -0.721. The Hall–Kier alpha value is -1.09. The fraction of sp³-hybridized carbons (Fsp3) is 0.722. The first-order valence-electron chi connectivity index (χ1n) is 7.91. The fourth-order valence-corrected chi connectivity index (χ4v) is 3.45. The molecule has 120 valence electrons. The van der Waals surface area contributed by atoms with Crippen molar-refractivity contribution in [2.24, 2.45) is 16.7 Å². The summed E-state index contributed by atoms with van der Waals surface area (Å²) in [7, 11) is 1.67. The van der Waals surface area contributed by atoms with Crippen LogP contribution in [0.15, 0.2) is 23.8 Å². The van der Waals surface area contributed by atoms with Gasteiger partial charge >= 0.3 is 5.97 Å². The van der Waals surface area contributed by atoms with Crippen LogP contribution in [0, 0.1) is 16.7 Å². The fourth-order valence-electron chi connectivity index (χ4n) is 3.45. The van der Waals surface area contributed by atoms with Gasteiger partial charge in [-0.2, -0.15) is 0 Å². The van der Waals surface area contributed by atoms with Crippen molar-refractivity contribution in [3.05, 3.63) is 23.8 Å². The van der Waals surface area contributed by atoms with E-state index in [9.17, 15) is 9.90 Å². The van der Waals surface area contributed by atoms with E-state index >= 15 is 0 Å². The minimum atomic E-state index is -0.858. The maximum Gasteiger partial charge on any atom is 0.314 e. The van der Waals surface area contributed by atoms with Gasteiger partial charge in [-0.25, -0.2) is 0 Å². The molecule has 3 heteroatoms. The van der Waals surface area contributed by atoms with E-state index in [1.807, 2.05) is 32.9 Å². The van der Waals surface area contributed by atoms with Gasteiger partial charge in [0.1, 0.15) is 0 Å². The Balaban J connectivity index is 3.24. The first-order chi connectivity index (χ1) is 9.81. The summed E-state index contributed by atoms with van der Waals surface area (Å²) in [5, 5.41) is 10.0. The number of aliphatic carboxylic acids is 1. The molecule has 0 saturated heterocycles. The van der Waals surface area contributed by atoms with Gasteiger partial charge in [-0.1, -0.05) is 57.9 Å². The number of carboxylic acid groups (broad SMARTS) is 1. The van der Waals surface area contributed by atoms with Crippen molar-refractivity contribution < 1.29 is 14.6 Å². The predicted molar refractivity (Wildman–Crippen MR) is 86.3 cm³/mol. The Bertz CT molecular complexity index is 415. The van der Waals surface area contributed by atoms with Gasteiger partial charge in [-0.15, -0.1) is 0 Å². The maximum atomic E-state index is 12.2. The van der Waals surface area contributed by atoms with Gasteiger partial charge in [-0.3, -0.25) is 4.79 Å². The van der Waals surface area contributed by atoms with Crippen LogP contribution in [0.5, 0.6) is 0 Å². The summed E-state index contributed by atoms with van der Waals surface area (Å²) in [5.41, 5.74) is 0.0525. The minimum absolute atomic E-state index is 0.00602. The van der Waals surface area contributed by atoms with Crippen LogP contribution in [-0.2, 0) is 9.53 Å². The summed E-state index contributed by atoms with van der Waals surface area (Å²) in [4.78, 5) is 12.2. The predicted octanol–water partition coefficient (Wildman–Crippen LogP) is 4.44. The third-order valence-corrected chi connectivity index (χ3v) is 4.69. The molecule has 2 atom stereocenters. The monoisotopic (exact) mass is 294 g/mol. The van der Waals surface area contributed by atoms with Crippen LogP contribution in [0.25, 0.3) is 0 Å². The number of methoxy groups -OCH3 is 1. The lowest BCUT2D eigenvalue weighted by molar-refractivity contribution is -0.156. The smallest absolute Gasteiger partial charge is 0.314 e. The van der Waals surface area contributed by atoms with Crippen LogP contribution in [0.4, 0.5) is 0 Å². The number of allylic oxidation sites excluding steroid dienone is 3. The molecule has 1 aliphatic rings. The van der Waals surface area contributed by atoms with Crippen LogP contribution in [0.3, 0.4) is 0 Å². The van der Waals surface area contributed by atoms with Crippen molar-refractivity contribution >= 4 is 5.97 Å². The average molecular weight is 294 g/mol. The van der Waals surface area contributed by atoms with E-state index in [2.05, 4.69) is 13.0 Å². The summed E-state index contributed by atoms with van der Waals surface area (Å²) in [6.45, 7) is 8.82. The highest BCUT2D eigenvalue weighted by molar-refractivity contribution is 5.80. The summed E-state index contributed by atoms with van der Waals surface area (Å²) in [6, 6.07) is 0. The molecule has 3 nitrogen and oxygen atoms in total. The Morgan fingerprint density at radius 2 is 2.10 bits per heavy atom. The number of rotatable bonds is 7. The molecule has 0 aromatic rings. The number of carboxylic acids is 1. The van der Waals surface area contributed by atoms with Crippen LogP contribution in [0.1, 0.15) is 53.4 Å². The van der Waals surface area contributed by atoms with E-state index in [0.717, 1.165) is 25.7 Å². The standard InChI is InChI=1S/C18H30O3/c1-6-7-9-14-10-8-12-18(16(19)20,17(2,3)4)15(14)11-13-21-5/h8,10,12,15H,6-7,9,11,13H2,1-5H3,(H,19,20). The molecular formula is C18H30O3. The molecule has 1 rings (SSSR count). The molecule has 1 aliphatic carbocycles. The largest absolute Gasteiger partial charge is 0.481 e. The SMILES string of the molecule is CCCCC1=CC=CC(C(=O)O)(C(C)(C)C)C1CCOC. The van der Waals surface area contributed by atoms with E-state index in [1.54, 1.807) is 7.11 Å². The molecule has 0 spiro atoms. The van der Waals surface area contributed by atoms with Crippen molar-refractivity contribution in [2.75, 3.05) is 13.7 Å². The molecule has 0 saturated carbocycles. The molecule has 0 amide bonds. The molecule has 0 aromatic carbocycles. The molecule has 0 bridgehead atoms. The lowest BCUT2D eigenvalue weighted by Crippen LogP contribution is -2.49. The number of hydrogen-bond acceptors (Lipinski definition) is 2. The number of hydrogen-bond donors (Lipinski definition) is 1. The summed E-state index contributed by atoms with van der Waals surface area (Å²) >= 11 is 0. The van der Waals surface area contributed by atoms with Crippen molar-refractivity contribution in [1.29, 1.82) is 0 Å². The summed E-state index contributed by atoms with van der Waals surface area (Å²) < 4.78 is 5.24. The molecule has 1 N–H and O–H groups in total. The average Bonchev–Trinajstić information content (AvgIpc) is 2.41. The summed E-state index contributed by atoms with van der Waals surface area (Å²) in [6.07, 6.45) is 9.89. The molecule has 0 fully saturated rings. The van der Waals surface area contributed by atoms with Crippen molar-refractivity contribution in [2.45, 2.75) is 53.4 Å². The van der Waals surface area contributed by atoms with E-state index in [1.165, 1.54) is 5.57 Å². The molecule has 0 heterocycles. The highest BCUT2D eigenvalue weighted by atomic mass is 16.5. The minimum Gasteiger partial charge on any atom is -0.481 e. The Kier molecular flexibility index (Phi) is 6.21. The first-order valence-corrected chi connectivity index (χ1v) is 7.91. The first kappa shape index (κ1) is 18.0. The molecule has 0 aliphatic heterocycles. The lowest BCUT2D eigenvalue weighted by Gasteiger charge is -2.47. The number of ether oxygens (including phenoxy) is 1. The lowest BCUT2D eigenvalue weighted by atomic mass is 9.55. The number of unbranched alkanes of at least 4 members (excludes halogenated alkanes) is 1. The Labute approximate surface area is 129 Å². The normalized spacial score (nSPS) is 25.8. The molecular weight excluding hydrogens is 264 g/mol. The second-order valence-electron chi connectivity index (χ2n) is 6.96. The third-order valence-electron chi connectivity index (χ3n) is 4.69. The van der Waals surface area contributed by atoms with Crippen LogP contribution in [-0.4, -0.2) is 24.8 Å². The Morgan fingerprint density at radius 1 is 1.43 bits per heavy atom. The molecule has 21 heavy (non-hydrogen) atoms. The molecule has 0 radical (unpaired) electrons. The van der Waals surface area contributed by atoms with Gasteiger partial charge in [0.2, 0.25) is 0 Å². The van der Waals surface area contributed by atoms with Crippen molar-refractivity contribution in [3.63, 3.8) is 0 Å². The van der Waals surface area contributed by atoms with E-state index < -0.39 is 11.4 Å². The molecule has 2 unspecified atom stereocenters. The maximum absolute atomic E-state index is 12.2. The van der Waals surface area contributed by atoms with Gasteiger partial charge in [-0.05, 0) is 24.7 Å². The van der Waals surface area contributed by atoms with E-state index in [4.69, 9.17) is 4.74 Å². The zero-order chi connectivity index (χ0) is 16.1. The van der Waals surface area contributed by atoms with Crippen molar-refractivity contribution in [3.8, 4) is 0 Å². The van der Waals surface area contributed by atoms with Crippen molar-refractivity contribution in [1.82, 2.24) is 0 Å². The van der Waals surface area contributed by atoms with Crippen LogP contribution in [0.2, 0.25) is 0 Å². The Morgan fingerprint density at radius 3 is 2.57 bits per heavy atom. The van der Waals surface area contributed by atoms with E-state index in [0.29, 0.717) is 6.61 Å². The van der Waals surface area contributed by atoms with E-state index in [-0.39, 0.29) is 11.3 Å². The zero-order valence-electron chi connectivity index (χ0n) is 14.1. The highest BCUT2D eigenvalue weighted by Gasteiger charge is 2.53. The second kappa shape index (κ2) is 7.26. The second-order valence-corrected chi connectivity index (χ2v) is 6.96.